The molecule has 0 bridgehead atoms. The van der Waals surface area contributed by atoms with E-state index >= 15 is 0 Å². The Labute approximate surface area is 176 Å². The summed E-state index contributed by atoms with van der Waals surface area (Å²) in [7, 11) is 0. The third-order valence-corrected chi connectivity index (χ3v) is 6.81. The Morgan fingerprint density at radius 1 is 0.516 bits per heavy atom. The predicted molar refractivity (Wildman–Crippen MR) is 130 cm³/mol. The number of fused-ring (bicyclic) bond motifs is 9. The van der Waals surface area contributed by atoms with Crippen LogP contribution in [0.5, 0.6) is 0 Å². The van der Waals surface area contributed by atoms with Crippen LogP contribution in [0, 0.1) is 0 Å². The molecule has 2 heteroatoms. The lowest BCUT2D eigenvalue weighted by Crippen LogP contribution is -1.90. The van der Waals surface area contributed by atoms with Crippen LogP contribution in [0.4, 0.5) is 0 Å². The zero-order valence-corrected chi connectivity index (χ0v) is 16.5. The van der Waals surface area contributed by atoms with Gasteiger partial charge in [-0.3, -0.25) is 4.98 Å². The first-order chi connectivity index (χ1) is 15.4. The monoisotopic (exact) mass is 393 g/mol. The lowest BCUT2D eigenvalue weighted by atomic mass is 9.88. The van der Waals surface area contributed by atoms with Gasteiger partial charge in [0.15, 0.2) is 0 Å². The lowest BCUT2D eigenvalue weighted by Gasteiger charge is -2.15. The van der Waals surface area contributed by atoms with E-state index in [0.717, 1.165) is 22.1 Å². The lowest BCUT2D eigenvalue weighted by molar-refractivity contribution is 0.673. The summed E-state index contributed by atoms with van der Waals surface area (Å²) in [5, 5.41) is 13.4. The molecule has 0 N–H and O–H groups in total. The summed E-state index contributed by atoms with van der Waals surface area (Å²) in [5.41, 5.74) is 2.93. The maximum Gasteiger partial charge on any atom is 0.144 e. The molecule has 0 aliphatic carbocycles. The van der Waals surface area contributed by atoms with Gasteiger partial charge in [0.05, 0.1) is 5.52 Å². The molecular formula is C29H15NO. The van der Waals surface area contributed by atoms with E-state index in [1.807, 2.05) is 12.3 Å². The van der Waals surface area contributed by atoms with Crippen molar-refractivity contribution in [3.05, 3.63) is 91.1 Å². The van der Waals surface area contributed by atoms with Crippen molar-refractivity contribution in [3.8, 4) is 0 Å². The highest BCUT2D eigenvalue weighted by atomic mass is 16.3. The highest BCUT2D eigenvalue weighted by Gasteiger charge is 2.21. The van der Waals surface area contributed by atoms with Gasteiger partial charge in [0.25, 0.3) is 0 Å². The van der Waals surface area contributed by atoms with E-state index in [0.29, 0.717) is 0 Å². The van der Waals surface area contributed by atoms with Crippen LogP contribution < -0.4 is 0 Å². The zero-order valence-electron chi connectivity index (χ0n) is 16.5. The number of rotatable bonds is 0. The van der Waals surface area contributed by atoms with E-state index < -0.39 is 0 Å². The van der Waals surface area contributed by atoms with Crippen molar-refractivity contribution in [2.45, 2.75) is 0 Å². The largest absolute Gasteiger partial charge is 0.455 e. The summed E-state index contributed by atoms with van der Waals surface area (Å²) in [4.78, 5) is 4.89. The molecule has 0 fully saturated rings. The number of hydrogen-bond donors (Lipinski definition) is 0. The minimum Gasteiger partial charge on any atom is -0.455 e. The van der Waals surface area contributed by atoms with Crippen molar-refractivity contribution >= 4 is 75.9 Å². The van der Waals surface area contributed by atoms with Crippen LogP contribution in [0.3, 0.4) is 0 Å². The molecule has 8 rings (SSSR count). The van der Waals surface area contributed by atoms with E-state index in [-0.39, 0.29) is 0 Å². The molecule has 8 aromatic rings. The predicted octanol–water partition coefficient (Wildman–Crippen LogP) is 8.18. The van der Waals surface area contributed by atoms with Gasteiger partial charge in [-0.25, -0.2) is 0 Å². The van der Waals surface area contributed by atoms with Crippen molar-refractivity contribution in [3.63, 3.8) is 0 Å². The van der Waals surface area contributed by atoms with E-state index in [2.05, 4.69) is 78.9 Å². The number of hydrogen-bond acceptors (Lipinski definition) is 2. The second kappa shape index (κ2) is 5.30. The molecule has 0 spiro atoms. The second-order valence-corrected chi connectivity index (χ2v) is 8.36. The smallest absolute Gasteiger partial charge is 0.144 e. The van der Waals surface area contributed by atoms with Gasteiger partial charge in [0.1, 0.15) is 11.2 Å². The first-order valence-corrected chi connectivity index (χ1v) is 10.6. The Morgan fingerprint density at radius 3 is 2.16 bits per heavy atom. The van der Waals surface area contributed by atoms with Crippen molar-refractivity contribution in [2.75, 3.05) is 0 Å². The van der Waals surface area contributed by atoms with E-state index in [4.69, 9.17) is 9.40 Å². The molecule has 0 unspecified atom stereocenters. The Balaban J connectivity index is 1.79. The summed E-state index contributed by atoms with van der Waals surface area (Å²) < 4.78 is 6.42. The number of aromatic nitrogens is 1. The Morgan fingerprint density at radius 2 is 1.26 bits per heavy atom. The highest BCUT2D eigenvalue weighted by Crippen LogP contribution is 2.47. The molecule has 2 aromatic heterocycles. The molecule has 2 heterocycles. The van der Waals surface area contributed by atoms with Crippen LogP contribution in [-0.4, -0.2) is 4.98 Å². The fraction of sp³-hybridized carbons (Fsp3) is 0. The third-order valence-electron chi connectivity index (χ3n) is 6.81. The summed E-state index contributed by atoms with van der Waals surface area (Å²) >= 11 is 0. The molecule has 0 radical (unpaired) electrons. The van der Waals surface area contributed by atoms with Gasteiger partial charge in [-0.1, -0.05) is 60.7 Å². The molecule has 2 nitrogen and oxygen atoms in total. The SMILES string of the molecule is c1ccc2cc3c(cc2c1)c1cccc2c4c5ccccc5oc4c4ccnc3c4c12. The third kappa shape index (κ3) is 1.82. The Hall–Kier alpha value is -4.17. The van der Waals surface area contributed by atoms with E-state index in [9.17, 15) is 0 Å². The van der Waals surface area contributed by atoms with Crippen molar-refractivity contribution in [1.29, 1.82) is 0 Å². The second-order valence-electron chi connectivity index (χ2n) is 8.36. The van der Waals surface area contributed by atoms with Crippen LogP contribution in [0.25, 0.3) is 75.9 Å². The van der Waals surface area contributed by atoms with Gasteiger partial charge in [-0.05, 0) is 51.2 Å². The molecule has 142 valence electrons. The molecule has 0 saturated heterocycles. The van der Waals surface area contributed by atoms with Crippen molar-refractivity contribution in [1.82, 2.24) is 4.98 Å². The topological polar surface area (TPSA) is 26.0 Å². The maximum atomic E-state index is 6.42. The zero-order chi connectivity index (χ0) is 20.1. The molecule has 6 aromatic carbocycles. The Kier molecular flexibility index (Phi) is 2.67. The standard InChI is InChI=1S/C29H15NO/c1-2-7-17-15-23-22(14-16(17)6-1)18-9-5-10-20-25(18)27-21(12-13-30-28(23)27)29-26(20)19-8-3-4-11-24(19)31-29/h1-15H. The van der Waals surface area contributed by atoms with Crippen LogP contribution in [-0.2, 0) is 0 Å². The van der Waals surface area contributed by atoms with Gasteiger partial charge in [0, 0.05) is 38.5 Å². The minimum atomic E-state index is 0.928. The maximum absolute atomic E-state index is 6.42. The van der Waals surface area contributed by atoms with E-state index in [1.54, 1.807) is 0 Å². The number of para-hydroxylation sites is 1. The minimum absolute atomic E-state index is 0.928. The number of nitrogens with zero attached hydrogens (tertiary/aromatic N) is 1. The summed E-state index contributed by atoms with van der Waals surface area (Å²) in [6, 6.07) is 30.3. The molecule has 0 saturated carbocycles. The molecular weight excluding hydrogens is 378 g/mol. The Bertz CT molecular complexity index is 1990. The van der Waals surface area contributed by atoms with Gasteiger partial charge >= 0.3 is 0 Å². The summed E-state index contributed by atoms with van der Waals surface area (Å²) in [6.45, 7) is 0. The molecule has 0 aliphatic rings. The summed E-state index contributed by atoms with van der Waals surface area (Å²) in [6.07, 6.45) is 1.92. The number of benzene rings is 6. The van der Waals surface area contributed by atoms with Crippen LogP contribution in [0.1, 0.15) is 0 Å². The fourth-order valence-electron chi connectivity index (χ4n) is 5.52. The first-order valence-electron chi connectivity index (χ1n) is 10.6. The van der Waals surface area contributed by atoms with Crippen molar-refractivity contribution < 1.29 is 4.42 Å². The average molecular weight is 393 g/mol. The summed E-state index contributed by atoms with van der Waals surface area (Å²) in [5.74, 6) is 0. The van der Waals surface area contributed by atoms with Gasteiger partial charge in [0.2, 0.25) is 0 Å². The first kappa shape index (κ1) is 15.6. The van der Waals surface area contributed by atoms with Gasteiger partial charge < -0.3 is 4.42 Å². The van der Waals surface area contributed by atoms with Crippen LogP contribution in [0.2, 0.25) is 0 Å². The van der Waals surface area contributed by atoms with Crippen molar-refractivity contribution in [2.24, 2.45) is 0 Å². The molecule has 0 amide bonds. The van der Waals surface area contributed by atoms with Gasteiger partial charge in [-0.15, -0.1) is 0 Å². The number of furan rings is 1. The average Bonchev–Trinajstić information content (AvgIpc) is 3.22. The van der Waals surface area contributed by atoms with E-state index in [1.165, 1.54) is 53.9 Å². The molecule has 0 aliphatic heterocycles. The van der Waals surface area contributed by atoms with Crippen LogP contribution in [0.15, 0.2) is 95.5 Å². The quantitative estimate of drug-likeness (QED) is 0.192. The molecule has 31 heavy (non-hydrogen) atoms. The fourth-order valence-corrected chi connectivity index (χ4v) is 5.52. The normalized spacial score (nSPS) is 12.5. The van der Waals surface area contributed by atoms with Gasteiger partial charge in [-0.2, -0.15) is 0 Å². The van der Waals surface area contributed by atoms with Crippen LogP contribution >= 0.6 is 0 Å². The highest BCUT2D eigenvalue weighted by molar-refractivity contribution is 6.41. The number of pyridine rings is 1. The molecule has 0 atom stereocenters.